The van der Waals surface area contributed by atoms with Gasteiger partial charge in [-0.25, -0.2) is 4.67 Å². The second-order valence-corrected chi connectivity index (χ2v) is 7.43. The van der Waals surface area contributed by atoms with Crippen molar-refractivity contribution in [1.82, 2.24) is 4.67 Å². The Morgan fingerprint density at radius 3 is 1.68 bits per heavy atom. The van der Waals surface area contributed by atoms with Crippen molar-refractivity contribution in [2.24, 2.45) is 0 Å². The van der Waals surface area contributed by atoms with Crippen LogP contribution in [-0.4, -0.2) is 17.8 Å². The van der Waals surface area contributed by atoms with Gasteiger partial charge in [-0.15, -0.1) is 0 Å². The lowest BCUT2D eigenvalue weighted by molar-refractivity contribution is 0.459. The van der Waals surface area contributed by atoms with Gasteiger partial charge in [-0.3, -0.25) is 4.57 Å². The summed E-state index contributed by atoms with van der Waals surface area (Å²) in [5, 5.41) is 2.00. The molecule has 1 aliphatic rings. The molecular weight excluding hydrogens is 253 g/mol. The normalized spacial score (nSPS) is 15.3. The molecule has 1 aliphatic heterocycles. The average molecular weight is 271 g/mol. The van der Waals surface area contributed by atoms with Crippen molar-refractivity contribution in [3.8, 4) is 11.1 Å². The maximum atomic E-state index is 13.7. The van der Waals surface area contributed by atoms with E-state index in [0.717, 1.165) is 34.8 Å². The molecule has 3 heteroatoms. The van der Waals surface area contributed by atoms with Crippen LogP contribution in [0.15, 0.2) is 48.5 Å². The summed E-state index contributed by atoms with van der Waals surface area (Å²) in [5.74, 6) is 0. The van der Waals surface area contributed by atoms with Crippen molar-refractivity contribution >= 4 is 17.9 Å². The first kappa shape index (κ1) is 12.7. The molecule has 0 amide bonds. The molecule has 0 aliphatic carbocycles. The van der Waals surface area contributed by atoms with Gasteiger partial charge in [-0.2, -0.15) is 0 Å². The highest BCUT2D eigenvalue weighted by atomic mass is 31.2. The molecule has 0 fully saturated rings. The van der Waals surface area contributed by atoms with Crippen LogP contribution >= 0.6 is 7.29 Å². The van der Waals surface area contributed by atoms with Gasteiger partial charge in [0.15, 0.2) is 0 Å². The van der Waals surface area contributed by atoms with Crippen LogP contribution in [0.4, 0.5) is 0 Å². The van der Waals surface area contributed by atoms with Crippen molar-refractivity contribution in [2.45, 2.75) is 13.8 Å². The Morgan fingerprint density at radius 1 is 0.842 bits per heavy atom. The molecule has 19 heavy (non-hydrogen) atoms. The summed E-state index contributed by atoms with van der Waals surface area (Å²) in [7, 11) is -2.63. The fourth-order valence-corrected chi connectivity index (χ4v) is 6.27. The van der Waals surface area contributed by atoms with E-state index in [-0.39, 0.29) is 0 Å². The van der Waals surface area contributed by atoms with Crippen molar-refractivity contribution in [3.63, 3.8) is 0 Å². The highest BCUT2D eigenvalue weighted by molar-refractivity contribution is 7.77. The van der Waals surface area contributed by atoms with Crippen LogP contribution in [0.5, 0.6) is 0 Å². The third-order valence-electron chi connectivity index (χ3n) is 3.88. The summed E-state index contributed by atoms with van der Waals surface area (Å²) in [6.07, 6.45) is 0. The summed E-state index contributed by atoms with van der Waals surface area (Å²) in [4.78, 5) is 0. The fraction of sp³-hybridized carbons (Fsp3) is 0.250. The number of fused-ring (bicyclic) bond motifs is 3. The van der Waals surface area contributed by atoms with Gasteiger partial charge in [0.05, 0.1) is 0 Å². The van der Waals surface area contributed by atoms with E-state index in [2.05, 4.69) is 30.7 Å². The zero-order valence-electron chi connectivity index (χ0n) is 11.3. The van der Waals surface area contributed by atoms with E-state index >= 15 is 0 Å². The Hall–Kier alpha value is -1.37. The minimum Gasteiger partial charge on any atom is -0.296 e. The van der Waals surface area contributed by atoms with Crippen molar-refractivity contribution < 1.29 is 4.57 Å². The lowest BCUT2D eigenvalue weighted by atomic mass is 10.1. The van der Waals surface area contributed by atoms with Gasteiger partial charge in [0.2, 0.25) is 7.29 Å². The Kier molecular flexibility index (Phi) is 3.08. The number of hydrogen-bond donors (Lipinski definition) is 0. The van der Waals surface area contributed by atoms with Crippen LogP contribution in [0.25, 0.3) is 11.1 Å². The number of nitrogens with zero attached hydrogens (tertiary/aromatic N) is 1. The Morgan fingerprint density at radius 2 is 1.26 bits per heavy atom. The second-order valence-electron chi connectivity index (χ2n) is 4.75. The third-order valence-corrected chi connectivity index (χ3v) is 7.33. The lowest BCUT2D eigenvalue weighted by Gasteiger charge is -2.28. The Bertz CT molecular complexity index is 612. The molecule has 0 saturated heterocycles. The maximum absolute atomic E-state index is 13.7. The summed E-state index contributed by atoms with van der Waals surface area (Å²) in [5.41, 5.74) is 2.27. The van der Waals surface area contributed by atoms with E-state index in [1.54, 1.807) is 0 Å². The molecular formula is C16H18NOP. The standard InChI is InChI=1S/C16H18NOP/c1-3-17(4-2)19(18)15-11-7-5-9-13(15)14-10-6-8-12-16(14)19/h5-12H,3-4H2,1-2H3. The number of benzene rings is 2. The van der Waals surface area contributed by atoms with E-state index in [4.69, 9.17) is 0 Å². The van der Waals surface area contributed by atoms with Crippen LogP contribution in [-0.2, 0) is 4.57 Å². The molecule has 0 saturated carbocycles. The summed E-state index contributed by atoms with van der Waals surface area (Å²) < 4.78 is 15.9. The SMILES string of the molecule is CCN(CC)P1(=O)c2ccccc2-c2ccccc21. The Balaban J connectivity index is 2.34. The summed E-state index contributed by atoms with van der Waals surface area (Å²) in [6, 6.07) is 16.2. The lowest BCUT2D eigenvalue weighted by Crippen LogP contribution is -2.29. The van der Waals surface area contributed by atoms with E-state index in [1.165, 1.54) is 0 Å². The van der Waals surface area contributed by atoms with Crippen molar-refractivity contribution in [1.29, 1.82) is 0 Å². The second kappa shape index (κ2) is 4.63. The predicted octanol–water partition coefficient (Wildman–Crippen LogP) is 3.24. The number of rotatable bonds is 3. The van der Waals surface area contributed by atoms with E-state index in [9.17, 15) is 4.57 Å². The molecule has 2 nitrogen and oxygen atoms in total. The largest absolute Gasteiger partial charge is 0.296 e. The molecule has 0 N–H and O–H groups in total. The van der Waals surface area contributed by atoms with E-state index in [0.29, 0.717) is 0 Å². The molecule has 3 rings (SSSR count). The first-order valence-electron chi connectivity index (χ1n) is 6.78. The monoisotopic (exact) mass is 271 g/mol. The summed E-state index contributed by atoms with van der Waals surface area (Å²) >= 11 is 0. The van der Waals surface area contributed by atoms with Gasteiger partial charge in [0.1, 0.15) is 0 Å². The molecule has 0 unspecified atom stereocenters. The van der Waals surface area contributed by atoms with Crippen LogP contribution in [0.3, 0.4) is 0 Å². The molecule has 0 radical (unpaired) electrons. The molecule has 98 valence electrons. The fourth-order valence-electron chi connectivity index (χ4n) is 2.99. The van der Waals surface area contributed by atoms with Gasteiger partial charge < -0.3 is 0 Å². The molecule has 0 spiro atoms. The van der Waals surface area contributed by atoms with Crippen LogP contribution < -0.4 is 10.6 Å². The minimum atomic E-state index is -2.63. The number of hydrogen-bond acceptors (Lipinski definition) is 1. The predicted molar refractivity (Wildman–Crippen MR) is 81.7 cm³/mol. The zero-order valence-corrected chi connectivity index (χ0v) is 12.2. The molecule has 0 aromatic heterocycles. The summed E-state index contributed by atoms with van der Waals surface area (Å²) in [6.45, 7) is 5.76. The van der Waals surface area contributed by atoms with Crippen LogP contribution in [0, 0.1) is 0 Å². The average Bonchev–Trinajstić information content (AvgIpc) is 2.72. The quantitative estimate of drug-likeness (QED) is 0.799. The highest BCUT2D eigenvalue weighted by Gasteiger charge is 2.41. The van der Waals surface area contributed by atoms with Gasteiger partial charge in [-0.05, 0) is 23.3 Å². The zero-order chi connectivity index (χ0) is 13.5. The Labute approximate surface area is 114 Å². The van der Waals surface area contributed by atoms with Crippen molar-refractivity contribution in [2.75, 3.05) is 13.1 Å². The van der Waals surface area contributed by atoms with E-state index in [1.807, 2.05) is 36.4 Å². The van der Waals surface area contributed by atoms with Crippen LogP contribution in [0.2, 0.25) is 0 Å². The van der Waals surface area contributed by atoms with Gasteiger partial charge in [-0.1, -0.05) is 50.2 Å². The first-order chi connectivity index (χ1) is 9.23. The topological polar surface area (TPSA) is 20.3 Å². The molecule has 0 atom stereocenters. The van der Waals surface area contributed by atoms with Gasteiger partial charge >= 0.3 is 0 Å². The molecule has 2 aromatic rings. The minimum absolute atomic E-state index is 0.802. The highest BCUT2D eigenvalue weighted by Crippen LogP contribution is 2.55. The molecule has 2 aromatic carbocycles. The van der Waals surface area contributed by atoms with E-state index < -0.39 is 7.29 Å². The molecule has 1 heterocycles. The smallest absolute Gasteiger partial charge is 0.208 e. The van der Waals surface area contributed by atoms with Crippen molar-refractivity contribution in [3.05, 3.63) is 48.5 Å². The molecule has 0 bridgehead atoms. The first-order valence-corrected chi connectivity index (χ1v) is 8.44. The van der Waals surface area contributed by atoms with Crippen LogP contribution in [0.1, 0.15) is 13.8 Å². The van der Waals surface area contributed by atoms with Gasteiger partial charge in [0.25, 0.3) is 0 Å². The maximum Gasteiger partial charge on any atom is 0.208 e. The third kappa shape index (κ3) is 1.64. The van der Waals surface area contributed by atoms with Gasteiger partial charge in [0, 0.05) is 23.7 Å².